The minimum absolute atomic E-state index is 0.325. The normalized spacial score (nSPS) is 12.7. The molecule has 4 heteroatoms. The highest BCUT2D eigenvalue weighted by molar-refractivity contribution is 5.29. The van der Waals surface area contributed by atoms with Gasteiger partial charge in [0.25, 0.3) is 0 Å². The van der Waals surface area contributed by atoms with Crippen LogP contribution < -0.4 is 0 Å². The molecule has 4 nitrogen and oxygen atoms in total. The quantitative estimate of drug-likeness (QED) is 0.455. The summed E-state index contributed by atoms with van der Waals surface area (Å²) in [6.07, 6.45) is 2.98. The molecule has 0 N–H and O–H groups in total. The first-order valence-electron chi connectivity index (χ1n) is 7.91. The number of allylic oxidation sites excluding steroid dienone is 2. The third-order valence-electron chi connectivity index (χ3n) is 2.70. The van der Waals surface area contributed by atoms with Crippen LogP contribution in [0.1, 0.15) is 41.5 Å². The van der Waals surface area contributed by atoms with Crippen molar-refractivity contribution in [2.24, 2.45) is 0 Å². The van der Waals surface area contributed by atoms with Crippen LogP contribution in [0.2, 0.25) is 0 Å². The lowest BCUT2D eigenvalue weighted by molar-refractivity contribution is -0.111. The molecule has 0 aliphatic rings. The molecule has 0 unspecified atom stereocenters. The lowest BCUT2D eigenvalue weighted by Gasteiger charge is -2.17. The molecule has 0 saturated heterocycles. The molecule has 0 radical (unpaired) electrons. The third kappa shape index (κ3) is 9.01. The van der Waals surface area contributed by atoms with Crippen molar-refractivity contribution in [3.8, 4) is 11.8 Å². The van der Waals surface area contributed by atoms with E-state index in [2.05, 4.69) is 11.8 Å². The number of hydrogen-bond acceptors (Lipinski definition) is 4. The molecule has 0 saturated carbocycles. The summed E-state index contributed by atoms with van der Waals surface area (Å²) in [6, 6.07) is 0. The minimum Gasteiger partial charge on any atom is -0.349 e. The Morgan fingerprint density at radius 1 is 0.682 bits per heavy atom. The summed E-state index contributed by atoms with van der Waals surface area (Å²) in [5, 5.41) is 0. The van der Waals surface area contributed by atoms with Gasteiger partial charge in [0.2, 0.25) is 0 Å². The highest BCUT2D eigenvalue weighted by Gasteiger charge is 2.10. The van der Waals surface area contributed by atoms with Gasteiger partial charge in [0.15, 0.2) is 12.6 Å². The summed E-state index contributed by atoms with van der Waals surface area (Å²) in [4.78, 5) is 0. The zero-order valence-corrected chi connectivity index (χ0v) is 14.8. The molecule has 126 valence electrons. The zero-order chi connectivity index (χ0) is 16.8. The molecule has 0 aromatic carbocycles. The first-order valence-corrected chi connectivity index (χ1v) is 7.91. The van der Waals surface area contributed by atoms with Crippen molar-refractivity contribution in [2.45, 2.75) is 54.1 Å². The monoisotopic (exact) mass is 310 g/mol. The summed E-state index contributed by atoms with van der Waals surface area (Å²) in [6.45, 7) is 14.1. The van der Waals surface area contributed by atoms with Crippen molar-refractivity contribution in [2.75, 3.05) is 26.4 Å². The van der Waals surface area contributed by atoms with Crippen molar-refractivity contribution in [3.63, 3.8) is 0 Å². The Hall–Kier alpha value is -1.12. The van der Waals surface area contributed by atoms with Crippen molar-refractivity contribution in [1.29, 1.82) is 0 Å². The van der Waals surface area contributed by atoms with Crippen molar-refractivity contribution < 1.29 is 18.9 Å². The standard InChI is InChI=1S/C18H30O4/c1-7-19-17(20-8-2)15(5)13-11-12-14-16(6)18(21-9-3)22-10-4/h13-14,17-18H,7-10H2,1-6H3. The van der Waals surface area contributed by atoms with E-state index in [1.807, 2.05) is 53.7 Å². The van der Waals surface area contributed by atoms with Gasteiger partial charge in [-0.15, -0.1) is 0 Å². The fraction of sp³-hybridized carbons (Fsp3) is 0.667. The van der Waals surface area contributed by atoms with E-state index in [9.17, 15) is 0 Å². The second-order valence-corrected chi connectivity index (χ2v) is 4.55. The lowest BCUT2D eigenvalue weighted by atomic mass is 10.2. The number of ether oxygens (including phenoxy) is 4. The van der Waals surface area contributed by atoms with E-state index >= 15 is 0 Å². The van der Waals surface area contributed by atoms with Crippen molar-refractivity contribution >= 4 is 0 Å². The van der Waals surface area contributed by atoms with Gasteiger partial charge in [0, 0.05) is 26.4 Å². The van der Waals surface area contributed by atoms with Crippen LogP contribution >= 0.6 is 0 Å². The summed E-state index contributed by atoms with van der Waals surface area (Å²) in [5.74, 6) is 5.99. The van der Waals surface area contributed by atoms with Crippen LogP contribution in [-0.4, -0.2) is 39.0 Å². The molecule has 0 heterocycles. The molecule has 0 fully saturated rings. The number of rotatable bonds is 10. The average molecular weight is 310 g/mol. The first kappa shape index (κ1) is 20.9. The Morgan fingerprint density at radius 3 is 1.18 bits per heavy atom. The SMILES string of the molecule is CCOC(OCC)C(C)=CC#CC=C(C)C(OCC)OCC. The number of hydrogen-bond donors (Lipinski definition) is 0. The van der Waals surface area contributed by atoms with E-state index in [0.717, 1.165) is 11.1 Å². The van der Waals surface area contributed by atoms with Gasteiger partial charge in [-0.25, -0.2) is 0 Å². The highest BCUT2D eigenvalue weighted by Crippen LogP contribution is 2.09. The van der Waals surface area contributed by atoms with E-state index in [-0.39, 0.29) is 12.6 Å². The van der Waals surface area contributed by atoms with Gasteiger partial charge in [0.05, 0.1) is 0 Å². The molecule has 0 aliphatic heterocycles. The predicted molar refractivity (Wildman–Crippen MR) is 89.4 cm³/mol. The van der Waals surface area contributed by atoms with Crippen LogP contribution in [0.5, 0.6) is 0 Å². The molecule has 0 aliphatic carbocycles. The molecule has 0 rings (SSSR count). The summed E-state index contributed by atoms with van der Waals surface area (Å²) in [7, 11) is 0. The summed E-state index contributed by atoms with van der Waals surface area (Å²) in [5.41, 5.74) is 1.90. The van der Waals surface area contributed by atoms with E-state index in [0.29, 0.717) is 26.4 Å². The van der Waals surface area contributed by atoms with Gasteiger partial charge in [0.1, 0.15) is 0 Å². The summed E-state index contributed by atoms with van der Waals surface area (Å²) < 4.78 is 22.0. The van der Waals surface area contributed by atoms with Crippen LogP contribution in [0, 0.1) is 11.8 Å². The van der Waals surface area contributed by atoms with Gasteiger partial charge < -0.3 is 18.9 Å². The molecule has 0 aromatic heterocycles. The minimum atomic E-state index is -0.325. The Morgan fingerprint density at radius 2 is 0.955 bits per heavy atom. The Labute approximate surface area is 135 Å². The highest BCUT2D eigenvalue weighted by atomic mass is 16.7. The molecule has 0 bridgehead atoms. The maximum Gasteiger partial charge on any atom is 0.180 e. The van der Waals surface area contributed by atoms with Crippen LogP contribution in [0.25, 0.3) is 0 Å². The van der Waals surface area contributed by atoms with Crippen molar-refractivity contribution in [3.05, 3.63) is 23.3 Å². The topological polar surface area (TPSA) is 36.9 Å². The van der Waals surface area contributed by atoms with E-state index in [4.69, 9.17) is 18.9 Å². The molecule has 0 spiro atoms. The Balaban J connectivity index is 4.76. The second kappa shape index (κ2) is 13.5. The van der Waals surface area contributed by atoms with Crippen LogP contribution in [0.3, 0.4) is 0 Å². The largest absolute Gasteiger partial charge is 0.349 e. The van der Waals surface area contributed by atoms with E-state index < -0.39 is 0 Å². The lowest BCUT2D eigenvalue weighted by Crippen LogP contribution is -2.18. The molecule has 0 aromatic rings. The van der Waals surface area contributed by atoms with Crippen LogP contribution in [0.4, 0.5) is 0 Å². The van der Waals surface area contributed by atoms with Gasteiger partial charge in [-0.2, -0.15) is 0 Å². The van der Waals surface area contributed by atoms with Crippen LogP contribution in [0.15, 0.2) is 23.3 Å². The van der Waals surface area contributed by atoms with E-state index in [1.165, 1.54) is 0 Å². The van der Waals surface area contributed by atoms with Gasteiger partial charge in [-0.3, -0.25) is 0 Å². The summed E-state index contributed by atoms with van der Waals surface area (Å²) >= 11 is 0. The van der Waals surface area contributed by atoms with Crippen LogP contribution in [-0.2, 0) is 18.9 Å². The van der Waals surface area contributed by atoms with Gasteiger partial charge >= 0.3 is 0 Å². The first-order chi connectivity index (χ1) is 10.6. The third-order valence-corrected chi connectivity index (χ3v) is 2.70. The maximum absolute atomic E-state index is 5.51. The smallest absolute Gasteiger partial charge is 0.180 e. The second-order valence-electron chi connectivity index (χ2n) is 4.55. The average Bonchev–Trinajstić information content (AvgIpc) is 2.50. The molecule has 0 atom stereocenters. The fourth-order valence-electron chi connectivity index (χ4n) is 1.67. The van der Waals surface area contributed by atoms with Gasteiger partial charge in [-0.1, -0.05) is 11.8 Å². The maximum atomic E-state index is 5.51. The fourth-order valence-corrected chi connectivity index (χ4v) is 1.67. The Bertz CT molecular complexity index is 353. The van der Waals surface area contributed by atoms with Crippen molar-refractivity contribution in [1.82, 2.24) is 0 Å². The van der Waals surface area contributed by atoms with Gasteiger partial charge in [-0.05, 0) is 64.8 Å². The molecular weight excluding hydrogens is 280 g/mol. The molecule has 0 amide bonds. The van der Waals surface area contributed by atoms with E-state index in [1.54, 1.807) is 0 Å². The predicted octanol–water partition coefficient (Wildman–Crippen LogP) is 3.68. The molecular formula is C18H30O4. The zero-order valence-electron chi connectivity index (χ0n) is 14.8. The molecule has 22 heavy (non-hydrogen) atoms. The Kier molecular flexibility index (Phi) is 12.8.